The monoisotopic (exact) mass is 489 g/mol. The molecule has 0 radical (unpaired) electrons. The quantitative estimate of drug-likeness (QED) is 0.169. The normalized spacial score (nSPS) is 12.2. The van der Waals surface area contributed by atoms with Crippen molar-refractivity contribution in [2.45, 2.75) is 13.1 Å². The van der Waals surface area contributed by atoms with Crippen molar-refractivity contribution < 1.29 is 18.3 Å². The average Bonchev–Trinajstić information content (AvgIpc) is 3.29. The molecule has 34 heavy (non-hydrogen) atoms. The molecule has 0 saturated heterocycles. The van der Waals surface area contributed by atoms with Gasteiger partial charge in [0.25, 0.3) is 0 Å². The zero-order valence-electron chi connectivity index (χ0n) is 17.8. The van der Waals surface area contributed by atoms with Crippen LogP contribution in [0.15, 0.2) is 52.4 Å². The molecule has 4 aromatic rings. The van der Waals surface area contributed by atoms with E-state index < -0.39 is 11.7 Å². The summed E-state index contributed by atoms with van der Waals surface area (Å²) in [5, 5.41) is 22.1. The number of aromatic hydroxyl groups is 1. The molecule has 4 rings (SSSR count). The van der Waals surface area contributed by atoms with Crippen LogP contribution in [0.3, 0.4) is 0 Å². The van der Waals surface area contributed by atoms with Gasteiger partial charge in [-0.1, -0.05) is 12.1 Å². The molecular formula is C21H18F3N7O2S. The molecule has 2 aromatic carbocycles. The van der Waals surface area contributed by atoms with Gasteiger partial charge < -0.3 is 20.4 Å². The second-order valence-electron chi connectivity index (χ2n) is 7.35. The third-order valence-electron chi connectivity index (χ3n) is 4.95. The molecule has 13 heteroatoms. The van der Waals surface area contributed by atoms with E-state index in [-0.39, 0.29) is 27.9 Å². The van der Waals surface area contributed by atoms with Gasteiger partial charge in [-0.3, -0.25) is 10.1 Å². The van der Waals surface area contributed by atoms with Gasteiger partial charge in [-0.2, -0.15) is 23.4 Å². The van der Waals surface area contributed by atoms with Gasteiger partial charge in [0.2, 0.25) is 0 Å². The van der Waals surface area contributed by atoms with E-state index in [4.69, 9.17) is 12.2 Å². The second-order valence-corrected chi connectivity index (χ2v) is 7.76. The number of fused-ring (bicyclic) bond motifs is 1. The highest BCUT2D eigenvalue weighted by molar-refractivity contribution is 7.80. The molecule has 0 amide bonds. The number of alkyl halides is 3. The maximum absolute atomic E-state index is 12.8. The zero-order valence-corrected chi connectivity index (χ0v) is 18.6. The van der Waals surface area contributed by atoms with Gasteiger partial charge in [0.05, 0.1) is 22.3 Å². The Labute approximate surface area is 195 Å². The van der Waals surface area contributed by atoms with Crippen LogP contribution >= 0.6 is 12.2 Å². The summed E-state index contributed by atoms with van der Waals surface area (Å²) in [6.45, 7) is 1.59. The van der Waals surface area contributed by atoms with Crippen molar-refractivity contribution in [1.29, 1.82) is 0 Å². The summed E-state index contributed by atoms with van der Waals surface area (Å²) >= 11 is 5.23. The summed E-state index contributed by atoms with van der Waals surface area (Å²) in [4.78, 5) is 16.7. The van der Waals surface area contributed by atoms with Crippen LogP contribution in [0.2, 0.25) is 0 Å². The van der Waals surface area contributed by atoms with Crippen molar-refractivity contribution in [3.8, 4) is 17.0 Å². The van der Waals surface area contributed by atoms with Gasteiger partial charge in [0, 0.05) is 18.3 Å². The van der Waals surface area contributed by atoms with E-state index in [0.717, 1.165) is 12.1 Å². The first-order valence-electron chi connectivity index (χ1n) is 9.80. The van der Waals surface area contributed by atoms with Crippen molar-refractivity contribution in [2.24, 2.45) is 12.1 Å². The minimum Gasteiger partial charge on any atom is -0.504 e. The van der Waals surface area contributed by atoms with Crippen LogP contribution in [0, 0.1) is 0 Å². The first-order chi connectivity index (χ1) is 16.0. The molecule has 0 fully saturated rings. The molecule has 9 nitrogen and oxygen atoms in total. The lowest BCUT2D eigenvalue weighted by atomic mass is 10.1. The molecule has 176 valence electrons. The predicted molar refractivity (Wildman–Crippen MR) is 126 cm³/mol. The number of hydrazone groups is 1. The summed E-state index contributed by atoms with van der Waals surface area (Å²) in [6.07, 6.45) is -4.45. The summed E-state index contributed by atoms with van der Waals surface area (Å²) < 4.78 is 39.8. The average molecular weight is 489 g/mol. The van der Waals surface area contributed by atoms with Crippen LogP contribution in [-0.2, 0) is 13.2 Å². The highest BCUT2D eigenvalue weighted by atomic mass is 32.1. The van der Waals surface area contributed by atoms with E-state index in [1.165, 1.54) is 16.8 Å². The fourth-order valence-corrected chi connectivity index (χ4v) is 3.52. The number of nitrogens with zero attached hydrogens (tertiary/aromatic N) is 3. The second kappa shape index (κ2) is 8.67. The van der Waals surface area contributed by atoms with Crippen molar-refractivity contribution in [2.75, 3.05) is 5.32 Å². The number of halogens is 3. The lowest BCUT2D eigenvalue weighted by Gasteiger charge is -2.08. The number of aryl methyl sites for hydroxylation is 1. The summed E-state index contributed by atoms with van der Waals surface area (Å²) in [5.41, 5.74) is 4.44. The summed E-state index contributed by atoms with van der Waals surface area (Å²) in [6, 6.07) is 9.53. The largest absolute Gasteiger partial charge is 0.504 e. The lowest BCUT2D eigenvalue weighted by molar-refractivity contribution is -0.137. The number of aromatic amines is 2. The molecule has 0 spiro atoms. The molecule has 0 aliphatic rings. The predicted octanol–water partition coefficient (Wildman–Crippen LogP) is 3.69. The molecular weight excluding hydrogens is 471 g/mol. The van der Waals surface area contributed by atoms with E-state index >= 15 is 0 Å². The fourth-order valence-electron chi connectivity index (χ4n) is 3.35. The Morgan fingerprint density at radius 2 is 1.82 bits per heavy atom. The molecule has 0 aliphatic heterocycles. The number of hydrogen-bond acceptors (Lipinski definition) is 5. The summed E-state index contributed by atoms with van der Waals surface area (Å²) in [5.74, 6) is -0.231. The van der Waals surface area contributed by atoms with Crippen LogP contribution in [0.4, 0.5) is 18.9 Å². The third kappa shape index (κ3) is 4.64. The number of aromatic nitrogens is 4. The molecule has 0 bridgehead atoms. The zero-order chi connectivity index (χ0) is 24.6. The number of anilines is 1. The van der Waals surface area contributed by atoms with Gasteiger partial charge in [-0.15, -0.1) is 0 Å². The molecule has 0 atom stereocenters. The van der Waals surface area contributed by atoms with Crippen molar-refractivity contribution >= 4 is 39.8 Å². The fraction of sp³-hybridized carbons (Fsp3) is 0.143. The molecule has 5 N–H and O–H groups in total. The van der Waals surface area contributed by atoms with Crippen LogP contribution in [-0.4, -0.2) is 35.7 Å². The molecule has 0 aliphatic carbocycles. The van der Waals surface area contributed by atoms with Gasteiger partial charge in [0.15, 0.2) is 16.6 Å². The van der Waals surface area contributed by atoms with Crippen molar-refractivity contribution in [1.82, 2.24) is 25.2 Å². The Morgan fingerprint density at radius 3 is 2.50 bits per heavy atom. The number of imidazole rings is 1. The van der Waals surface area contributed by atoms with Crippen LogP contribution in [0.1, 0.15) is 18.2 Å². The third-order valence-corrected chi connectivity index (χ3v) is 5.14. The van der Waals surface area contributed by atoms with Gasteiger partial charge >= 0.3 is 11.9 Å². The first kappa shape index (κ1) is 23.0. The number of hydrogen-bond donors (Lipinski definition) is 5. The Hall–Kier alpha value is -4.13. The number of nitrogens with one attached hydrogen (secondary N) is 4. The van der Waals surface area contributed by atoms with Crippen LogP contribution in [0.25, 0.3) is 22.3 Å². The molecule has 0 unspecified atom stereocenters. The van der Waals surface area contributed by atoms with E-state index in [2.05, 4.69) is 30.9 Å². The Bertz CT molecular complexity index is 1470. The number of thiocarbonyl (C=S) groups is 1. The van der Waals surface area contributed by atoms with E-state index in [0.29, 0.717) is 28.0 Å². The molecule has 2 aromatic heterocycles. The topological polar surface area (TPSA) is 123 Å². The molecule has 2 heterocycles. The van der Waals surface area contributed by atoms with E-state index in [1.54, 1.807) is 32.2 Å². The van der Waals surface area contributed by atoms with Gasteiger partial charge in [0.1, 0.15) is 5.69 Å². The lowest BCUT2D eigenvalue weighted by Crippen LogP contribution is -2.25. The SMILES string of the molecule is CC(=NNC(=S)Nc1ccc2[nH]c(=O)[nH]c2c1)c1nn(C)c(-c2ccc(C(F)(F)F)cc2)c1O. The van der Waals surface area contributed by atoms with Crippen molar-refractivity contribution in [3.63, 3.8) is 0 Å². The van der Waals surface area contributed by atoms with Crippen LogP contribution < -0.4 is 16.4 Å². The standard InChI is InChI=1S/C21H18F3N7O2S/c1-10(28-29-20(34)25-13-7-8-14-15(9-13)27-19(33)26-14)16-18(32)17(31(2)30-16)11-3-5-12(6-4-11)21(22,23)24/h3-9,32H,1-2H3,(H2,25,29,34)(H2,26,27,33). The number of benzene rings is 2. The summed E-state index contributed by atoms with van der Waals surface area (Å²) in [7, 11) is 1.56. The Balaban J connectivity index is 1.50. The maximum Gasteiger partial charge on any atom is 0.416 e. The van der Waals surface area contributed by atoms with E-state index in [9.17, 15) is 23.1 Å². The number of rotatable bonds is 4. The number of H-pyrrole nitrogens is 2. The minimum absolute atomic E-state index is 0.138. The highest BCUT2D eigenvalue weighted by Crippen LogP contribution is 2.35. The smallest absolute Gasteiger partial charge is 0.416 e. The van der Waals surface area contributed by atoms with Crippen molar-refractivity contribution in [3.05, 3.63) is 64.2 Å². The van der Waals surface area contributed by atoms with E-state index in [1.807, 2.05) is 0 Å². The van der Waals surface area contributed by atoms with Gasteiger partial charge in [-0.05, 0) is 49.5 Å². The van der Waals surface area contributed by atoms with Crippen LogP contribution in [0.5, 0.6) is 5.75 Å². The Kier molecular flexibility index (Phi) is 5.87. The van der Waals surface area contributed by atoms with Gasteiger partial charge in [-0.25, -0.2) is 4.79 Å². The first-order valence-corrected chi connectivity index (χ1v) is 10.2. The molecule has 0 saturated carbocycles. The maximum atomic E-state index is 12.8. The highest BCUT2D eigenvalue weighted by Gasteiger charge is 2.30. The minimum atomic E-state index is -4.45. The Morgan fingerprint density at radius 1 is 1.15 bits per heavy atom.